The van der Waals surface area contributed by atoms with E-state index in [0.717, 1.165) is 31.7 Å². The Kier molecular flexibility index (Phi) is 6.11. The maximum atomic E-state index is 14.2. The number of aliphatic carboxylic acids is 1. The molecule has 24 heavy (non-hydrogen) atoms. The van der Waals surface area contributed by atoms with Crippen molar-refractivity contribution in [2.75, 3.05) is 13.1 Å². The summed E-state index contributed by atoms with van der Waals surface area (Å²) in [5.41, 5.74) is -0.0801. The van der Waals surface area contributed by atoms with E-state index < -0.39 is 29.0 Å². The lowest BCUT2D eigenvalue weighted by Crippen LogP contribution is -2.44. The van der Waals surface area contributed by atoms with Crippen molar-refractivity contribution in [3.8, 4) is 0 Å². The van der Waals surface area contributed by atoms with Crippen molar-refractivity contribution in [2.45, 2.75) is 43.9 Å². The minimum absolute atomic E-state index is 0.00892. The van der Waals surface area contributed by atoms with Gasteiger partial charge in [0.15, 0.2) is 0 Å². The van der Waals surface area contributed by atoms with Crippen LogP contribution in [-0.2, 0) is 10.2 Å². The van der Waals surface area contributed by atoms with Crippen LogP contribution in [0, 0.1) is 11.6 Å². The van der Waals surface area contributed by atoms with Crippen LogP contribution in [0.4, 0.5) is 13.6 Å². The smallest absolute Gasteiger partial charge is 0.314 e. The fourth-order valence-corrected chi connectivity index (χ4v) is 3.27. The molecule has 3 N–H and O–H groups in total. The first-order valence-electron chi connectivity index (χ1n) is 8.12. The van der Waals surface area contributed by atoms with Gasteiger partial charge < -0.3 is 15.7 Å². The van der Waals surface area contributed by atoms with E-state index in [1.165, 1.54) is 12.1 Å². The van der Waals surface area contributed by atoms with Gasteiger partial charge in [-0.15, -0.1) is 0 Å². The summed E-state index contributed by atoms with van der Waals surface area (Å²) in [4.78, 5) is 22.2. The number of rotatable bonds is 7. The number of hydrogen-bond donors (Lipinski definition) is 3. The van der Waals surface area contributed by atoms with Gasteiger partial charge in [-0.3, -0.25) is 4.79 Å². The number of benzene rings is 1. The molecule has 132 valence electrons. The van der Waals surface area contributed by atoms with Crippen LogP contribution in [0.25, 0.3) is 0 Å². The number of carboxylic acids is 1. The molecule has 1 saturated carbocycles. The molecule has 0 radical (unpaired) electrons. The molecule has 1 fully saturated rings. The third kappa shape index (κ3) is 4.66. The van der Waals surface area contributed by atoms with Gasteiger partial charge in [-0.2, -0.15) is 0 Å². The Morgan fingerprint density at radius 1 is 1.17 bits per heavy atom. The van der Waals surface area contributed by atoms with Gasteiger partial charge in [0, 0.05) is 31.0 Å². The van der Waals surface area contributed by atoms with Crippen LogP contribution >= 0.6 is 0 Å². The zero-order chi connectivity index (χ0) is 17.6. The van der Waals surface area contributed by atoms with Gasteiger partial charge in [0.1, 0.15) is 11.6 Å². The SMILES string of the molecule is O=C(O)CCCNC(=O)NCC1(c2ccc(F)cc2F)CCCC1. The maximum Gasteiger partial charge on any atom is 0.314 e. The fourth-order valence-electron chi connectivity index (χ4n) is 3.27. The van der Waals surface area contributed by atoms with Crippen molar-refractivity contribution in [2.24, 2.45) is 0 Å². The number of amides is 2. The highest BCUT2D eigenvalue weighted by molar-refractivity contribution is 5.74. The van der Waals surface area contributed by atoms with Crippen molar-refractivity contribution in [1.29, 1.82) is 0 Å². The van der Waals surface area contributed by atoms with E-state index in [1.807, 2.05) is 0 Å². The second kappa shape index (κ2) is 8.08. The maximum absolute atomic E-state index is 14.2. The molecule has 7 heteroatoms. The third-order valence-electron chi connectivity index (χ3n) is 4.50. The second-order valence-electron chi connectivity index (χ2n) is 6.22. The van der Waals surface area contributed by atoms with E-state index in [9.17, 15) is 18.4 Å². The molecule has 0 aromatic heterocycles. The predicted octanol–water partition coefficient (Wildman–Crippen LogP) is 2.94. The van der Waals surface area contributed by atoms with E-state index in [0.29, 0.717) is 12.0 Å². The first kappa shape index (κ1) is 18.2. The van der Waals surface area contributed by atoms with Crippen LogP contribution in [0.2, 0.25) is 0 Å². The molecule has 0 saturated heterocycles. The minimum Gasteiger partial charge on any atom is -0.481 e. The summed E-state index contributed by atoms with van der Waals surface area (Å²) in [6.07, 6.45) is 3.66. The molecular weight excluding hydrogens is 318 g/mol. The number of carboxylic acid groups (broad SMARTS) is 1. The van der Waals surface area contributed by atoms with E-state index in [2.05, 4.69) is 10.6 Å². The quantitative estimate of drug-likeness (QED) is 0.668. The van der Waals surface area contributed by atoms with Crippen molar-refractivity contribution in [3.05, 3.63) is 35.4 Å². The second-order valence-corrected chi connectivity index (χ2v) is 6.22. The molecule has 1 aromatic carbocycles. The van der Waals surface area contributed by atoms with Crippen LogP contribution < -0.4 is 10.6 Å². The molecule has 0 aliphatic heterocycles. The molecule has 1 aliphatic carbocycles. The van der Waals surface area contributed by atoms with Crippen molar-refractivity contribution < 1.29 is 23.5 Å². The normalized spacial score (nSPS) is 15.9. The van der Waals surface area contributed by atoms with Crippen LogP contribution in [0.3, 0.4) is 0 Å². The minimum atomic E-state index is -0.908. The molecule has 1 aliphatic rings. The Morgan fingerprint density at radius 3 is 2.50 bits per heavy atom. The average Bonchev–Trinajstić information content (AvgIpc) is 2.99. The topological polar surface area (TPSA) is 78.4 Å². The predicted molar refractivity (Wildman–Crippen MR) is 84.8 cm³/mol. The Bertz CT molecular complexity index is 601. The molecule has 0 heterocycles. The monoisotopic (exact) mass is 340 g/mol. The molecule has 2 amide bonds. The summed E-state index contributed by atoms with van der Waals surface area (Å²) in [7, 11) is 0. The van der Waals surface area contributed by atoms with Crippen LogP contribution in [0.1, 0.15) is 44.1 Å². The third-order valence-corrected chi connectivity index (χ3v) is 4.50. The van der Waals surface area contributed by atoms with E-state index >= 15 is 0 Å². The number of carbonyl (C=O) groups is 2. The highest BCUT2D eigenvalue weighted by atomic mass is 19.1. The summed E-state index contributed by atoms with van der Waals surface area (Å²) in [5.74, 6) is -2.11. The van der Waals surface area contributed by atoms with Crippen molar-refractivity contribution >= 4 is 12.0 Å². The van der Waals surface area contributed by atoms with Crippen LogP contribution in [0.5, 0.6) is 0 Å². The number of halogens is 2. The summed E-state index contributed by atoms with van der Waals surface area (Å²) in [5, 5.41) is 13.9. The first-order valence-corrected chi connectivity index (χ1v) is 8.12. The molecule has 0 atom stereocenters. The number of hydrogen-bond acceptors (Lipinski definition) is 2. The van der Waals surface area contributed by atoms with Crippen LogP contribution in [0.15, 0.2) is 18.2 Å². The highest BCUT2D eigenvalue weighted by Crippen LogP contribution is 2.41. The Balaban J connectivity index is 1.94. The van der Waals surface area contributed by atoms with E-state index in [1.54, 1.807) is 0 Å². The first-order chi connectivity index (χ1) is 11.4. The van der Waals surface area contributed by atoms with Crippen molar-refractivity contribution in [3.63, 3.8) is 0 Å². The fraction of sp³-hybridized carbons (Fsp3) is 0.529. The molecule has 0 bridgehead atoms. The summed E-state index contributed by atoms with van der Waals surface area (Å²) < 4.78 is 27.3. The lowest BCUT2D eigenvalue weighted by molar-refractivity contribution is -0.137. The lowest BCUT2D eigenvalue weighted by Gasteiger charge is -2.30. The van der Waals surface area contributed by atoms with Gasteiger partial charge in [-0.1, -0.05) is 18.9 Å². The molecule has 0 unspecified atom stereocenters. The zero-order valence-corrected chi connectivity index (χ0v) is 13.4. The Hall–Kier alpha value is -2.18. The largest absolute Gasteiger partial charge is 0.481 e. The van der Waals surface area contributed by atoms with Gasteiger partial charge in [0.05, 0.1) is 0 Å². The van der Waals surface area contributed by atoms with Gasteiger partial charge in [-0.25, -0.2) is 13.6 Å². The summed E-state index contributed by atoms with van der Waals surface area (Å²) >= 11 is 0. The van der Waals surface area contributed by atoms with Crippen LogP contribution in [-0.4, -0.2) is 30.2 Å². The Labute approximate surface area is 139 Å². The summed E-state index contributed by atoms with van der Waals surface area (Å²) in [6, 6.07) is 3.17. The summed E-state index contributed by atoms with van der Waals surface area (Å²) in [6.45, 7) is 0.524. The van der Waals surface area contributed by atoms with Gasteiger partial charge >= 0.3 is 12.0 Å². The number of nitrogens with one attached hydrogen (secondary N) is 2. The molecule has 1 aromatic rings. The lowest BCUT2D eigenvalue weighted by atomic mass is 9.78. The Morgan fingerprint density at radius 2 is 1.88 bits per heavy atom. The van der Waals surface area contributed by atoms with Gasteiger partial charge in [0.25, 0.3) is 0 Å². The van der Waals surface area contributed by atoms with Gasteiger partial charge in [0.2, 0.25) is 0 Å². The van der Waals surface area contributed by atoms with Crippen molar-refractivity contribution in [1.82, 2.24) is 10.6 Å². The van der Waals surface area contributed by atoms with E-state index in [4.69, 9.17) is 5.11 Å². The highest BCUT2D eigenvalue weighted by Gasteiger charge is 2.38. The van der Waals surface area contributed by atoms with Gasteiger partial charge in [-0.05, 0) is 30.9 Å². The number of urea groups is 1. The molecule has 2 rings (SSSR count). The number of carbonyl (C=O) groups excluding carboxylic acids is 1. The zero-order valence-electron chi connectivity index (χ0n) is 13.4. The average molecular weight is 340 g/mol. The molecule has 5 nitrogen and oxygen atoms in total. The standard InChI is InChI=1S/C17H22F2N2O3/c18-12-5-6-13(14(19)10-12)17(7-1-2-8-17)11-21-16(24)20-9-3-4-15(22)23/h5-6,10H,1-4,7-9,11H2,(H,22,23)(H2,20,21,24). The van der Waals surface area contributed by atoms with E-state index in [-0.39, 0.29) is 19.5 Å². The molecule has 0 spiro atoms. The molecular formula is C17H22F2N2O3.